The maximum Gasteiger partial charge on any atom is 0.240 e. The van der Waals surface area contributed by atoms with Crippen LogP contribution in [0.15, 0.2) is 0 Å². The Bertz CT molecular complexity index is 277. The topological polar surface area (TPSA) is 73.1 Å². The van der Waals surface area contributed by atoms with Crippen LogP contribution >= 0.6 is 0 Å². The van der Waals surface area contributed by atoms with Crippen molar-refractivity contribution in [3.05, 3.63) is 0 Å². The molecule has 1 rings (SSSR count). The van der Waals surface area contributed by atoms with Crippen molar-refractivity contribution in [1.29, 1.82) is 5.26 Å². The van der Waals surface area contributed by atoms with Gasteiger partial charge in [0, 0.05) is 12.6 Å². The molecule has 90 valence electrons. The first kappa shape index (κ1) is 13.0. The van der Waals surface area contributed by atoms with E-state index < -0.39 is 5.41 Å². The second-order valence-corrected chi connectivity index (χ2v) is 4.64. The Morgan fingerprint density at radius 2 is 2.12 bits per heavy atom. The lowest BCUT2D eigenvalue weighted by atomic mass is 9.74. The van der Waals surface area contributed by atoms with Crippen molar-refractivity contribution >= 4 is 5.91 Å². The Hall–Kier alpha value is -1.08. The SMILES string of the molecule is C[C@H](CCO)NC(=O)C1(C#N)CCCCC1. The summed E-state index contributed by atoms with van der Waals surface area (Å²) < 4.78 is 0. The molecule has 4 nitrogen and oxygen atoms in total. The zero-order valence-corrected chi connectivity index (χ0v) is 9.83. The average molecular weight is 224 g/mol. The molecule has 0 bridgehead atoms. The molecule has 16 heavy (non-hydrogen) atoms. The first-order chi connectivity index (χ1) is 7.64. The second kappa shape index (κ2) is 5.86. The lowest BCUT2D eigenvalue weighted by Gasteiger charge is -2.30. The highest BCUT2D eigenvalue weighted by Gasteiger charge is 2.40. The van der Waals surface area contributed by atoms with Crippen molar-refractivity contribution in [3.63, 3.8) is 0 Å². The van der Waals surface area contributed by atoms with Gasteiger partial charge in [0.15, 0.2) is 0 Å². The lowest BCUT2D eigenvalue weighted by Crippen LogP contribution is -2.45. The Morgan fingerprint density at radius 3 is 2.62 bits per heavy atom. The van der Waals surface area contributed by atoms with Crippen LogP contribution in [0.3, 0.4) is 0 Å². The fourth-order valence-corrected chi connectivity index (χ4v) is 2.17. The van der Waals surface area contributed by atoms with Gasteiger partial charge in [-0.15, -0.1) is 0 Å². The van der Waals surface area contributed by atoms with Gasteiger partial charge in [-0.05, 0) is 26.2 Å². The second-order valence-electron chi connectivity index (χ2n) is 4.64. The Morgan fingerprint density at radius 1 is 1.50 bits per heavy atom. The van der Waals surface area contributed by atoms with Crippen LogP contribution in [0, 0.1) is 16.7 Å². The predicted molar refractivity (Wildman–Crippen MR) is 60.4 cm³/mol. The van der Waals surface area contributed by atoms with Crippen molar-refractivity contribution in [2.24, 2.45) is 5.41 Å². The standard InChI is InChI=1S/C12H20N2O2/c1-10(5-8-15)14-11(16)12(9-13)6-3-2-4-7-12/h10,15H,2-8H2,1H3,(H,14,16)/t10-/m1/s1. The highest BCUT2D eigenvalue weighted by molar-refractivity contribution is 5.85. The number of hydrogen-bond acceptors (Lipinski definition) is 3. The molecule has 0 aliphatic heterocycles. The Balaban J connectivity index is 2.59. The van der Waals surface area contributed by atoms with Crippen LogP contribution in [0.4, 0.5) is 0 Å². The summed E-state index contributed by atoms with van der Waals surface area (Å²) in [5.41, 5.74) is -0.817. The normalized spacial score (nSPS) is 20.8. The summed E-state index contributed by atoms with van der Waals surface area (Å²) in [5, 5.41) is 20.8. The number of nitriles is 1. The minimum atomic E-state index is -0.817. The highest BCUT2D eigenvalue weighted by atomic mass is 16.3. The van der Waals surface area contributed by atoms with Crippen LogP contribution in [0.1, 0.15) is 45.4 Å². The van der Waals surface area contributed by atoms with E-state index in [0.29, 0.717) is 19.3 Å². The fraction of sp³-hybridized carbons (Fsp3) is 0.833. The third-order valence-electron chi connectivity index (χ3n) is 3.30. The smallest absolute Gasteiger partial charge is 0.240 e. The van der Waals surface area contributed by atoms with Crippen LogP contribution in [-0.4, -0.2) is 23.7 Å². The molecule has 0 aromatic rings. The van der Waals surface area contributed by atoms with Gasteiger partial charge >= 0.3 is 0 Å². The van der Waals surface area contributed by atoms with E-state index >= 15 is 0 Å². The zero-order chi connectivity index (χ0) is 12.0. The van der Waals surface area contributed by atoms with E-state index in [-0.39, 0.29) is 18.6 Å². The predicted octanol–water partition coefficient (Wildman–Crippen LogP) is 1.35. The molecule has 1 saturated carbocycles. The number of hydrogen-bond donors (Lipinski definition) is 2. The molecular weight excluding hydrogens is 204 g/mol. The van der Waals surface area contributed by atoms with Gasteiger partial charge in [-0.1, -0.05) is 19.3 Å². The molecule has 2 N–H and O–H groups in total. The maximum absolute atomic E-state index is 12.0. The van der Waals surface area contributed by atoms with E-state index in [9.17, 15) is 10.1 Å². The van der Waals surface area contributed by atoms with Gasteiger partial charge < -0.3 is 10.4 Å². The van der Waals surface area contributed by atoms with Crippen LogP contribution in [0.25, 0.3) is 0 Å². The van der Waals surface area contributed by atoms with Gasteiger partial charge in [0.1, 0.15) is 5.41 Å². The largest absolute Gasteiger partial charge is 0.396 e. The minimum Gasteiger partial charge on any atom is -0.396 e. The third kappa shape index (κ3) is 2.96. The highest BCUT2D eigenvalue weighted by Crippen LogP contribution is 2.35. The molecule has 1 aliphatic rings. The van der Waals surface area contributed by atoms with Crippen molar-refractivity contribution < 1.29 is 9.90 Å². The van der Waals surface area contributed by atoms with Crippen LogP contribution in [-0.2, 0) is 4.79 Å². The molecule has 1 amide bonds. The fourth-order valence-electron chi connectivity index (χ4n) is 2.17. The van der Waals surface area contributed by atoms with Crippen molar-refractivity contribution in [2.45, 2.75) is 51.5 Å². The van der Waals surface area contributed by atoms with Crippen LogP contribution < -0.4 is 5.32 Å². The molecule has 1 aliphatic carbocycles. The molecule has 0 radical (unpaired) electrons. The summed E-state index contributed by atoms with van der Waals surface area (Å²) in [6.45, 7) is 1.91. The number of nitrogens with zero attached hydrogens (tertiary/aromatic N) is 1. The summed E-state index contributed by atoms with van der Waals surface area (Å²) in [6.07, 6.45) is 4.89. The van der Waals surface area contributed by atoms with Crippen LogP contribution in [0.2, 0.25) is 0 Å². The van der Waals surface area contributed by atoms with Gasteiger partial charge in [-0.3, -0.25) is 4.79 Å². The molecule has 1 atom stereocenters. The summed E-state index contributed by atoms with van der Waals surface area (Å²) >= 11 is 0. The molecule has 0 aromatic carbocycles. The zero-order valence-electron chi connectivity index (χ0n) is 9.83. The number of nitrogens with one attached hydrogen (secondary N) is 1. The number of aliphatic hydroxyl groups is 1. The number of carbonyl (C=O) groups is 1. The molecule has 0 unspecified atom stereocenters. The number of carbonyl (C=O) groups excluding carboxylic acids is 1. The van der Waals surface area contributed by atoms with E-state index in [1.807, 2.05) is 6.92 Å². The van der Waals surface area contributed by atoms with E-state index in [0.717, 1.165) is 19.3 Å². The number of rotatable bonds is 4. The maximum atomic E-state index is 12.0. The van der Waals surface area contributed by atoms with Gasteiger partial charge in [0.25, 0.3) is 0 Å². The summed E-state index contributed by atoms with van der Waals surface area (Å²) in [4.78, 5) is 12.0. The van der Waals surface area contributed by atoms with E-state index in [2.05, 4.69) is 11.4 Å². The van der Waals surface area contributed by atoms with Crippen molar-refractivity contribution in [3.8, 4) is 6.07 Å². The Labute approximate surface area is 96.6 Å². The molecule has 0 spiro atoms. The Kier molecular flexibility index (Phi) is 4.75. The first-order valence-electron chi connectivity index (χ1n) is 5.98. The minimum absolute atomic E-state index is 0.0565. The quantitative estimate of drug-likeness (QED) is 0.757. The third-order valence-corrected chi connectivity index (χ3v) is 3.30. The van der Waals surface area contributed by atoms with Crippen LogP contribution in [0.5, 0.6) is 0 Å². The van der Waals surface area contributed by atoms with Gasteiger partial charge in [0.05, 0.1) is 6.07 Å². The van der Waals surface area contributed by atoms with Gasteiger partial charge in [-0.2, -0.15) is 5.26 Å². The van der Waals surface area contributed by atoms with Gasteiger partial charge in [0.2, 0.25) is 5.91 Å². The molecule has 1 fully saturated rings. The molecular formula is C12H20N2O2. The summed E-state index contributed by atoms with van der Waals surface area (Å²) in [7, 11) is 0. The molecule has 4 heteroatoms. The van der Waals surface area contributed by atoms with E-state index in [1.54, 1.807) is 0 Å². The summed E-state index contributed by atoms with van der Waals surface area (Å²) in [6, 6.07) is 2.12. The van der Waals surface area contributed by atoms with E-state index in [1.165, 1.54) is 0 Å². The molecule has 0 saturated heterocycles. The average Bonchev–Trinajstić information content (AvgIpc) is 2.30. The molecule has 0 heterocycles. The number of amides is 1. The monoisotopic (exact) mass is 224 g/mol. The van der Waals surface area contributed by atoms with Crippen molar-refractivity contribution in [2.75, 3.05) is 6.61 Å². The van der Waals surface area contributed by atoms with Crippen molar-refractivity contribution in [1.82, 2.24) is 5.32 Å². The summed E-state index contributed by atoms with van der Waals surface area (Å²) in [5.74, 6) is -0.157. The molecule has 0 aromatic heterocycles. The van der Waals surface area contributed by atoms with E-state index in [4.69, 9.17) is 5.11 Å². The first-order valence-corrected chi connectivity index (χ1v) is 5.98. The van der Waals surface area contributed by atoms with Gasteiger partial charge in [-0.25, -0.2) is 0 Å². The lowest BCUT2D eigenvalue weighted by molar-refractivity contribution is -0.130. The number of aliphatic hydroxyl groups excluding tert-OH is 1.